The summed E-state index contributed by atoms with van der Waals surface area (Å²) >= 11 is 19.2. The van der Waals surface area contributed by atoms with E-state index < -0.39 is 11.9 Å². The Morgan fingerprint density at radius 2 is 1.71 bits per heavy atom. The number of carbonyl (C=O) groups excluding carboxylic acids is 2. The topological polar surface area (TPSA) is 92.8 Å². The number of rotatable bonds is 7. The molecule has 10 heteroatoms. The van der Waals surface area contributed by atoms with Gasteiger partial charge in [-0.15, -0.1) is 0 Å². The maximum absolute atomic E-state index is 13.3. The SMILES string of the molecule is COc1cc(C=NNC(=O)c2[nH]c3cc(Cl)cc(Cl)c3c2-c2ccccc2Cl)ccc1OC(=O)c1cccc(C)c1. The van der Waals surface area contributed by atoms with E-state index in [4.69, 9.17) is 44.3 Å². The van der Waals surface area contributed by atoms with E-state index in [1.165, 1.54) is 13.3 Å². The van der Waals surface area contributed by atoms with Crippen molar-refractivity contribution in [1.82, 2.24) is 10.4 Å². The summed E-state index contributed by atoms with van der Waals surface area (Å²) in [6, 6.07) is 22.4. The Morgan fingerprint density at radius 3 is 2.46 bits per heavy atom. The van der Waals surface area contributed by atoms with Crippen molar-refractivity contribution in [3.8, 4) is 22.6 Å². The molecular weight excluding hydrogens is 585 g/mol. The third kappa shape index (κ3) is 6.07. The van der Waals surface area contributed by atoms with Gasteiger partial charge in [0.2, 0.25) is 0 Å². The van der Waals surface area contributed by atoms with Gasteiger partial charge >= 0.3 is 5.97 Å². The molecule has 5 aromatic rings. The molecule has 0 spiro atoms. The standard InChI is InChI=1S/C31H22Cl3N3O4/c1-17-6-5-7-19(12-17)31(39)41-25-11-10-18(13-26(25)40-2)16-35-37-30(38)29-27(21-8-3-4-9-22(21)33)28-23(34)14-20(32)15-24(28)36-29/h3-16,36H,1-2H3,(H,37,38). The van der Waals surface area contributed by atoms with Crippen LogP contribution in [0.3, 0.4) is 0 Å². The van der Waals surface area contributed by atoms with Gasteiger partial charge in [-0.05, 0) is 61.0 Å². The third-order valence-corrected chi connectivity index (χ3v) is 7.05. The van der Waals surface area contributed by atoms with Gasteiger partial charge in [-0.1, -0.05) is 70.7 Å². The second-order valence-corrected chi connectivity index (χ2v) is 10.3. The van der Waals surface area contributed by atoms with Crippen LogP contribution in [0.4, 0.5) is 0 Å². The van der Waals surface area contributed by atoms with Crippen LogP contribution in [0.25, 0.3) is 22.0 Å². The highest BCUT2D eigenvalue weighted by Crippen LogP contribution is 2.41. The number of benzene rings is 4. The number of hydrazone groups is 1. The molecular formula is C31H22Cl3N3O4. The number of hydrogen-bond acceptors (Lipinski definition) is 5. The number of halogens is 3. The predicted octanol–water partition coefficient (Wildman–Crippen LogP) is 8.10. The molecule has 4 aromatic carbocycles. The van der Waals surface area contributed by atoms with Gasteiger partial charge in [0, 0.05) is 32.1 Å². The molecule has 41 heavy (non-hydrogen) atoms. The smallest absolute Gasteiger partial charge is 0.343 e. The molecule has 0 saturated heterocycles. The van der Waals surface area contributed by atoms with Crippen LogP contribution < -0.4 is 14.9 Å². The second-order valence-electron chi connectivity index (χ2n) is 9.03. The van der Waals surface area contributed by atoms with E-state index >= 15 is 0 Å². The monoisotopic (exact) mass is 605 g/mol. The molecule has 0 aliphatic rings. The molecule has 0 radical (unpaired) electrons. The van der Waals surface area contributed by atoms with Crippen molar-refractivity contribution >= 4 is 63.8 Å². The fourth-order valence-electron chi connectivity index (χ4n) is 4.35. The number of fused-ring (bicyclic) bond motifs is 1. The number of aryl methyl sites for hydroxylation is 1. The van der Waals surface area contributed by atoms with Gasteiger partial charge in [-0.3, -0.25) is 4.79 Å². The molecule has 2 N–H and O–H groups in total. The number of methoxy groups -OCH3 is 1. The zero-order valence-corrected chi connectivity index (χ0v) is 24.1. The lowest BCUT2D eigenvalue weighted by molar-refractivity contribution is 0.0729. The number of aromatic nitrogens is 1. The fraction of sp³-hybridized carbons (Fsp3) is 0.0645. The summed E-state index contributed by atoms with van der Waals surface area (Å²) < 4.78 is 10.9. The van der Waals surface area contributed by atoms with Gasteiger partial charge in [0.25, 0.3) is 5.91 Å². The predicted molar refractivity (Wildman–Crippen MR) is 163 cm³/mol. The van der Waals surface area contributed by atoms with Crippen LogP contribution >= 0.6 is 34.8 Å². The van der Waals surface area contributed by atoms with Gasteiger partial charge < -0.3 is 14.5 Å². The maximum atomic E-state index is 13.3. The number of amides is 1. The lowest BCUT2D eigenvalue weighted by Gasteiger charge is -2.10. The van der Waals surface area contributed by atoms with E-state index in [-0.39, 0.29) is 11.4 Å². The Kier molecular flexibility index (Phi) is 8.31. The minimum atomic E-state index is -0.518. The van der Waals surface area contributed by atoms with Crippen LogP contribution in [-0.4, -0.2) is 30.2 Å². The Bertz CT molecular complexity index is 1830. The number of esters is 1. The molecule has 0 aliphatic carbocycles. The summed E-state index contributed by atoms with van der Waals surface area (Å²) in [6.45, 7) is 1.89. The van der Waals surface area contributed by atoms with Crippen molar-refractivity contribution in [2.45, 2.75) is 6.92 Å². The highest BCUT2D eigenvalue weighted by atomic mass is 35.5. The van der Waals surface area contributed by atoms with Crippen molar-refractivity contribution in [2.75, 3.05) is 7.11 Å². The molecule has 0 bridgehead atoms. The fourth-order valence-corrected chi connectivity index (χ4v) is 5.17. The number of H-pyrrole nitrogens is 1. The molecule has 0 fully saturated rings. The molecule has 0 unspecified atom stereocenters. The first-order valence-corrected chi connectivity index (χ1v) is 13.4. The van der Waals surface area contributed by atoms with E-state index in [2.05, 4.69) is 15.5 Å². The van der Waals surface area contributed by atoms with E-state index in [1.54, 1.807) is 66.7 Å². The highest BCUT2D eigenvalue weighted by molar-refractivity contribution is 6.41. The van der Waals surface area contributed by atoms with Crippen LogP contribution in [0, 0.1) is 6.92 Å². The first-order valence-electron chi connectivity index (χ1n) is 12.3. The number of nitrogens with zero attached hydrogens (tertiary/aromatic N) is 1. The minimum Gasteiger partial charge on any atom is -0.493 e. The quantitative estimate of drug-likeness (QED) is 0.0847. The maximum Gasteiger partial charge on any atom is 0.343 e. The molecule has 0 atom stereocenters. The molecule has 0 saturated carbocycles. The molecule has 1 amide bonds. The van der Waals surface area contributed by atoms with Gasteiger partial charge in [-0.25, -0.2) is 10.2 Å². The summed E-state index contributed by atoms with van der Waals surface area (Å²) in [5.74, 6) is -0.451. The van der Waals surface area contributed by atoms with Crippen molar-refractivity contribution in [3.05, 3.63) is 116 Å². The van der Waals surface area contributed by atoms with E-state index in [0.717, 1.165) is 5.56 Å². The first-order chi connectivity index (χ1) is 19.7. The summed E-state index contributed by atoms with van der Waals surface area (Å²) in [6.07, 6.45) is 1.44. The van der Waals surface area contributed by atoms with Gasteiger partial charge in [0.05, 0.1) is 23.9 Å². The van der Waals surface area contributed by atoms with Crippen molar-refractivity contribution in [3.63, 3.8) is 0 Å². The third-order valence-electron chi connectivity index (χ3n) is 6.21. The van der Waals surface area contributed by atoms with Crippen LogP contribution in [0.5, 0.6) is 11.5 Å². The van der Waals surface area contributed by atoms with Crippen LogP contribution in [0.2, 0.25) is 15.1 Å². The lowest BCUT2D eigenvalue weighted by Crippen LogP contribution is -2.19. The Balaban J connectivity index is 1.39. The van der Waals surface area contributed by atoms with Gasteiger partial charge in [-0.2, -0.15) is 5.10 Å². The zero-order chi connectivity index (χ0) is 29.1. The summed E-state index contributed by atoms with van der Waals surface area (Å²) in [5.41, 5.74) is 6.44. The van der Waals surface area contributed by atoms with Crippen LogP contribution in [0.1, 0.15) is 32.0 Å². The largest absolute Gasteiger partial charge is 0.493 e. The molecule has 5 rings (SSSR count). The Labute approximate surface area is 250 Å². The summed E-state index contributed by atoms with van der Waals surface area (Å²) in [5, 5.41) is 5.96. The number of ether oxygens (including phenoxy) is 2. The number of carbonyl (C=O) groups is 2. The molecule has 7 nitrogen and oxygen atoms in total. The van der Waals surface area contributed by atoms with Crippen molar-refractivity contribution < 1.29 is 19.1 Å². The highest BCUT2D eigenvalue weighted by Gasteiger charge is 2.23. The normalized spacial score (nSPS) is 11.1. The molecule has 0 aliphatic heterocycles. The Hall–Kier alpha value is -4.30. The average Bonchev–Trinajstić information content (AvgIpc) is 3.33. The van der Waals surface area contributed by atoms with Crippen molar-refractivity contribution in [2.24, 2.45) is 5.10 Å². The van der Waals surface area contributed by atoms with Crippen LogP contribution in [-0.2, 0) is 0 Å². The van der Waals surface area contributed by atoms with Crippen LogP contribution in [0.15, 0.2) is 84.0 Å². The zero-order valence-electron chi connectivity index (χ0n) is 21.8. The van der Waals surface area contributed by atoms with Gasteiger partial charge in [0.15, 0.2) is 11.5 Å². The van der Waals surface area contributed by atoms with Gasteiger partial charge in [0.1, 0.15) is 5.69 Å². The molecule has 1 heterocycles. The van der Waals surface area contributed by atoms with E-state index in [9.17, 15) is 9.59 Å². The second kappa shape index (κ2) is 12.1. The summed E-state index contributed by atoms with van der Waals surface area (Å²) in [4.78, 5) is 29.0. The summed E-state index contributed by atoms with van der Waals surface area (Å²) in [7, 11) is 1.46. The number of nitrogens with one attached hydrogen (secondary N) is 2. The Morgan fingerprint density at radius 1 is 0.902 bits per heavy atom. The minimum absolute atomic E-state index is 0.213. The van der Waals surface area contributed by atoms with E-state index in [0.29, 0.717) is 54.0 Å². The lowest BCUT2D eigenvalue weighted by atomic mass is 10.0. The van der Waals surface area contributed by atoms with Crippen molar-refractivity contribution in [1.29, 1.82) is 0 Å². The molecule has 1 aromatic heterocycles. The molecule has 206 valence electrons. The number of aromatic amines is 1. The first kappa shape index (κ1) is 28.2. The number of hydrogen-bond donors (Lipinski definition) is 2. The van der Waals surface area contributed by atoms with E-state index in [1.807, 2.05) is 19.1 Å². The average molecular weight is 607 g/mol.